The molecule has 2 fully saturated rings. The van der Waals surface area contributed by atoms with Gasteiger partial charge in [-0.1, -0.05) is 50.9 Å². The van der Waals surface area contributed by atoms with Crippen LogP contribution in [0, 0.1) is 23.7 Å². The number of hydrogen-bond acceptors (Lipinski definition) is 2. The Labute approximate surface area is 166 Å². The van der Waals surface area contributed by atoms with E-state index in [2.05, 4.69) is 27.7 Å². The highest BCUT2D eigenvalue weighted by atomic mass is 35.5. The van der Waals surface area contributed by atoms with Crippen LogP contribution in [-0.4, -0.2) is 44.6 Å². The lowest BCUT2D eigenvalue weighted by Crippen LogP contribution is -2.55. The van der Waals surface area contributed by atoms with Gasteiger partial charge in [-0.2, -0.15) is 0 Å². The number of rotatable bonds is 3. The fourth-order valence-corrected chi connectivity index (χ4v) is 4.72. The third-order valence-electron chi connectivity index (χ3n) is 5.70. The highest BCUT2D eigenvalue weighted by Gasteiger charge is 2.46. The molecule has 4 nitrogen and oxygen atoms in total. The molecule has 2 aliphatic heterocycles. The third kappa shape index (κ3) is 4.75. The molecule has 3 atom stereocenters. The van der Waals surface area contributed by atoms with Gasteiger partial charge in [0.05, 0.1) is 0 Å². The predicted octanol–water partition coefficient (Wildman–Crippen LogP) is 4.47. The quantitative estimate of drug-likeness (QED) is 0.643. The number of nitrogens with zero attached hydrogens (tertiary/aromatic N) is 2. The van der Waals surface area contributed by atoms with Crippen LogP contribution in [0.4, 0.5) is 0 Å². The zero-order valence-corrected chi connectivity index (χ0v) is 17.7. The summed E-state index contributed by atoms with van der Waals surface area (Å²) in [6.45, 7) is 9.42. The lowest BCUT2D eigenvalue weighted by molar-refractivity contribution is -0.163. The molecule has 0 aromatic heterocycles. The molecule has 7 heteroatoms. The minimum atomic E-state index is -1.50. The molecule has 2 amide bonds. The molecule has 2 aliphatic rings. The van der Waals surface area contributed by atoms with Crippen molar-refractivity contribution in [3.8, 4) is 0 Å². The summed E-state index contributed by atoms with van der Waals surface area (Å²) in [4.78, 5) is 25.8. The van der Waals surface area contributed by atoms with Crippen LogP contribution in [0.15, 0.2) is 0 Å². The van der Waals surface area contributed by atoms with Gasteiger partial charge >= 0.3 is 0 Å². The molecule has 0 aliphatic carbocycles. The fraction of sp³-hybridized carbons (Fsp3) is 0.889. The van der Waals surface area contributed by atoms with Crippen molar-refractivity contribution in [2.24, 2.45) is 23.7 Å². The first-order chi connectivity index (χ1) is 11.5. The second kappa shape index (κ2) is 8.22. The van der Waals surface area contributed by atoms with Gasteiger partial charge in [0.2, 0.25) is 0 Å². The number of hydrazine groups is 1. The highest BCUT2D eigenvalue weighted by Crippen LogP contribution is 2.39. The molecule has 2 heterocycles. The van der Waals surface area contributed by atoms with Gasteiger partial charge in [0.15, 0.2) is 4.33 Å². The summed E-state index contributed by atoms with van der Waals surface area (Å²) in [6.07, 6.45) is 2.64. The molecule has 0 radical (unpaired) electrons. The van der Waals surface area contributed by atoms with Gasteiger partial charge in [0.25, 0.3) is 11.8 Å². The number of carbonyl (C=O) groups excluding carboxylic acids is 2. The van der Waals surface area contributed by atoms with E-state index in [9.17, 15) is 9.59 Å². The average molecular weight is 412 g/mol. The Bertz CT molecular complexity index is 511. The molecule has 25 heavy (non-hydrogen) atoms. The monoisotopic (exact) mass is 410 g/mol. The minimum Gasteiger partial charge on any atom is -0.271 e. The smallest absolute Gasteiger partial charge is 0.271 e. The number of hydrogen-bond donors (Lipinski definition) is 0. The molecule has 0 saturated carbocycles. The average Bonchev–Trinajstić information content (AvgIpc) is 2.73. The second-order valence-corrected chi connectivity index (χ2v) is 10.1. The molecule has 2 rings (SSSR count). The number of halogens is 3. The Morgan fingerprint density at radius 2 is 1.48 bits per heavy atom. The second-order valence-electron chi connectivity index (χ2n) is 8.09. The van der Waals surface area contributed by atoms with Gasteiger partial charge in [0.1, 0.15) is 5.38 Å². The van der Waals surface area contributed by atoms with Crippen molar-refractivity contribution >= 4 is 46.6 Å². The lowest BCUT2D eigenvalue weighted by Gasteiger charge is -2.36. The van der Waals surface area contributed by atoms with Crippen LogP contribution in [0.25, 0.3) is 0 Å². The van der Waals surface area contributed by atoms with Crippen LogP contribution in [0.1, 0.15) is 53.4 Å². The van der Waals surface area contributed by atoms with Crippen molar-refractivity contribution in [1.82, 2.24) is 10.0 Å². The van der Waals surface area contributed by atoms with Gasteiger partial charge in [-0.3, -0.25) is 14.6 Å². The Balaban J connectivity index is 2.25. The zero-order valence-electron chi connectivity index (χ0n) is 15.5. The van der Waals surface area contributed by atoms with E-state index in [1.807, 2.05) is 0 Å². The van der Waals surface area contributed by atoms with Crippen LogP contribution >= 0.6 is 34.8 Å². The van der Waals surface area contributed by atoms with Crippen LogP contribution in [0.2, 0.25) is 0 Å². The van der Waals surface area contributed by atoms with E-state index in [4.69, 9.17) is 34.8 Å². The first kappa shape index (κ1) is 21.1. The standard InChI is InChI=1S/C18H29Cl3N2O2/c1-11(2)13-5-7-22(16(24)15(19)9-13)23-8-6-14(12(3)4)10-18(20,21)17(23)25/h11-15H,5-10H2,1-4H3. The number of amides is 2. The summed E-state index contributed by atoms with van der Waals surface area (Å²) in [5.74, 6) is 0.791. The molecule has 0 N–H and O–H groups in total. The van der Waals surface area contributed by atoms with Crippen molar-refractivity contribution in [3.05, 3.63) is 0 Å². The van der Waals surface area contributed by atoms with Gasteiger partial charge < -0.3 is 0 Å². The van der Waals surface area contributed by atoms with Crippen LogP contribution in [-0.2, 0) is 9.59 Å². The minimum absolute atomic E-state index is 0.217. The summed E-state index contributed by atoms with van der Waals surface area (Å²) in [6, 6.07) is 0. The Morgan fingerprint density at radius 1 is 0.960 bits per heavy atom. The normalized spacial score (nSPS) is 31.5. The topological polar surface area (TPSA) is 40.6 Å². The van der Waals surface area contributed by atoms with E-state index >= 15 is 0 Å². The molecule has 0 spiro atoms. The molecule has 3 unspecified atom stereocenters. The van der Waals surface area contributed by atoms with Crippen molar-refractivity contribution in [1.29, 1.82) is 0 Å². The molecular weight excluding hydrogens is 383 g/mol. The Morgan fingerprint density at radius 3 is 2.04 bits per heavy atom. The maximum atomic E-state index is 12.9. The summed E-state index contributed by atoms with van der Waals surface area (Å²) in [7, 11) is 0. The number of alkyl halides is 3. The van der Waals surface area contributed by atoms with Crippen molar-refractivity contribution in [2.45, 2.75) is 63.1 Å². The zero-order chi connectivity index (χ0) is 18.9. The molecule has 144 valence electrons. The van der Waals surface area contributed by atoms with E-state index in [1.165, 1.54) is 10.0 Å². The van der Waals surface area contributed by atoms with Gasteiger partial charge in [-0.15, -0.1) is 11.6 Å². The largest absolute Gasteiger partial charge is 0.277 e. The fourth-order valence-electron chi connectivity index (χ4n) is 3.79. The van der Waals surface area contributed by atoms with Crippen LogP contribution < -0.4 is 0 Å². The first-order valence-electron chi connectivity index (χ1n) is 9.19. The predicted molar refractivity (Wildman–Crippen MR) is 103 cm³/mol. The van der Waals surface area contributed by atoms with Gasteiger partial charge in [-0.25, -0.2) is 5.01 Å². The Kier molecular flexibility index (Phi) is 6.95. The number of carbonyl (C=O) groups is 2. The first-order valence-corrected chi connectivity index (χ1v) is 10.4. The lowest BCUT2D eigenvalue weighted by atomic mass is 9.89. The summed E-state index contributed by atoms with van der Waals surface area (Å²) < 4.78 is -1.50. The van der Waals surface area contributed by atoms with Crippen molar-refractivity contribution < 1.29 is 9.59 Å². The maximum Gasteiger partial charge on any atom is 0.277 e. The van der Waals surface area contributed by atoms with E-state index in [0.29, 0.717) is 43.7 Å². The summed E-state index contributed by atoms with van der Waals surface area (Å²) >= 11 is 19.1. The Hall–Kier alpha value is -0.190. The van der Waals surface area contributed by atoms with E-state index in [0.717, 1.165) is 12.8 Å². The van der Waals surface area contributed by atoms with E-state index < -0.39 is 15.6 Å². The van der Waals surface area contributed by atoms with Crippen molar-refractivity contribution in [2.75, 3.05) is 13.1 Å². The molecular formula is C18H29Cl3N2O2. The highest BCUT2D eigenvalue weighted by molar-refractivity contribution is 6.58. The van der Waals surface area contributed by atoms with E-state index in [-0.39, 0.29) is 11.8 Å². The van der Waals surface area contributed by atoms with Gasteiger partial charge in [0, 0.05) is 13.1 Å². The van der Waals surface area contributed by atoms with E-state index in [1.54, 1.807) is 0 Å². The molecule has 0 aromatic carbocycles. The van der Waals surface area contributed by atoms with Crippen LogP contribution in [0.5, 0.6) is 0 Å². The molecule has 0 bridgehead atoms. The van der Waals surface area contributed by atoms with Crippen LogP contribution in [0.3, 0.4) is 0 Å². The summed E-state index contributed by atoms with van der Waals surface area (Å²) in [5.41, 5.74) is 0. The third-order valence-corrected chi connectivity index (χ3v) is 6.70. The molecule has 2 saturated heterocycles. The van der Waals surface area contributed by atoms with Gasteiger partial charge in [-0.05, 0) is 49.4 Å². The van der Waals surface area contributed by atoms with Crippen molar-refractivity contribution in [3.63, 3.8) is 0 Å². The maximum absolute atomic E-state index is 12.9. The summed E-state index contributed by atoms with van der Waals surface area (Å²) in [5, 5.41) is 2.35. The molecule has 0 aromatic rings. The SMILES string of the molecule is CC(C)C1CCN(N2CCC(C(C)C)CC(Cl)(Cl)C2=O)C(=O)C(Cl)C1.